The molecular weight excluding hydrogens is 216 g/mol. The molecule has 0 saturated heterocycles. The van der Waals surface area contributed by atoms with E-state index in [-0.39, 0.29) is 5.78 Å². The van der Waals surface area contributed by atoms with Gasteiger partial charge in [-0.15, -0.1) is 0 Å². The molecule has 0 radical (unpaired) electrons. The van der Waals surface area contributed by atoms with E-state index in [1.54, 1.807) is 19.1 Å². The van der Waals surface area contributed by atoms with E-state index in [0.29, 0.717) is 0 Å². The molecule has 0 N–H and O–H groups in total. The smallest absolute Gasteiger partial charge is 0.159 e. The summed E-state index contributed by atoms with van der Waals surface area (Å²) in [6.45, 7) is 1.55. The van der Waals surface area contributed by atoms with Gasteiger partial charge in [0.25, 0.3) is 0 Å². The molecule has 0 bridgehead atoms. The third kappa shape index (κ3) is 2.21. The van der Waals surface area contributed by atoms with Crippen LogP contribution in [0.15, 0.2) is 24.3 Å². The molecule has 12 heavy (non-hydrogen) atoms. The van der Waals surface area contributed by atoms with Crippen molar-refractivity contribution in [1.29, 1.82) is 0 Å². The lowest BCUT2D eigenvalue weighted by Crippen LogP contribution is -1.90. The highest BCUT2D eigenvalue weighted by Gasteiger charge is 1.96. The van der Waals surface area contributed by atoms with Gasteiger partial charge < -0.3 is 0 Å². The Morgan fingerprint density at radius 3 is 2.33 bits per heavy atom. The second-order valence-electron chi connectivity index (χ2n) is 2.35. The van der Waals surface area contributed by atoms with Crippen molar-refractivity contribution in [2.24, 2.45) is 0 Å². The van der Waals surface area contributed by atoms with E-state index in [2.05, 4.69) is 26.7 Å². The maximum Gasteiger partial charge on any atom is 0.159 e. The Kier molecular flexibility index (Phi) is 3.07. The van der Waals surface area contributed by atoms with E-state index in [0.717, 1.165) is 11.1 Å². The third-order valence-electron chi connectivity index (χ3n) is 1.48. The zero-order chi connectivity index (χ0) is 8.97. The van der Waals surface area contributed by atoms with Crippen LogP contribution in [0.4, 0.5) is 0 Å². The summed E-state index contributed by atoms with van der Waals surface area (Å²) in [5.74, 6) is 2.91. The van der Waals surface area contributed by atoms with Crippen molar-refractivity contribution in [1.82, 2.24) is 0 Å². The van der Waals surface area contributed by atoms with Crippen LogP contribution in [0.2, 0.25) is 0 Å². The summed E-state index contributed by atoms with van der Waals surface area (Å²) in [4.78, 5) is 13.5. The van der Waals surface area contributed by atoms with Crippen LogP contribution >= 0.6 is 15.9 Å². The minimum Gasteiger partial charge on any atom is -0.295 e. The normalized spacial score (nSPS) is 8.50. The Morgan fingerprint density at radius 2 is 1.92 bits per heavy atom. The first-order valence-corrected chi connectivity index (χ1v) is 4.26. The second kappa shape index (κ2) is 4.08. The molecular formula is C10H7BrO. The number of Topliss-reactive ketones (excluding diaryl/α,β-unsaturated/α-hetero) is 1. The molecule has 0 saturated carbocycles. The fourth-order valence-corrected chi connectivity index (χ4v) is 1.07. The zero-order valence-electron chi connectivity index (χ0n) is 6.60. The Bertz CT molecular complexity index is 340. The van der Waals surface area contributed by atoms with Gasteiger partial charge in [-0.05, 0) is 23.9 Å². The van der Waals surface area contributed by atoms with Crippen LogP contribution in [-0.2, 0) is 0 Å². The van der Waals surface area contributed by atoms with Gasteiger partial charge in [0, 0.05) is 27.1 Å². The van der Waals surface area contributed by atoms with Crippen LogP contribution in [-0.4, -0.2) is 5.78 Å². The Balaban J connectivity index is 2.98. The van der Waals surface area contributed by atoms with Crippen molar-refractivity contribution in [3.63, 3.8) is 0 Å². The molecule has 0 atom stereocenters. The number of halogens is 1. The van der Waals surface area contributed by atoms with Gasteiger partial charge in [0.2, 0.25) is 0 Å². The number of rotatable bonds is 1. The molecule has 1 aromatic rings. The van der Waals surface area contributed by atoms with Crippen molar-refractivity contribution < 1.29 is 4.79 Å². The van der Waals surface area contributed by atoms with E-state index in [4.69, 9.17) is 0 Å². The van der Waals surface area contributed by atoms with E-state index >= 15 is 0 Å². The van der Waals surface area contributed by atoms with Crippen molar-refractivity contribution >= 4 is 21.7 Å². The topological polar surface area (TPSA) is 17.1 Å². The highest BCUT2D eigenvalue weighted by Crippen LogP contribution is 2.03. The molecule has 60 valence electrons. The molecule has 1 rings (SSSR count). The maximum atomic E-state index is 10.9. The molecule has 0 aliphatic rings. The summed E-state index contributed by atoms with van der Waals surface area (Å²) in [7, 11) is 0. The Hall–Kier alpha value is -1.07. The molecule has 0 aromatic heterocycles. The van der Waals surface area contributed by atoms with Gasteiger partial charge in [0.15, 0.2) is 5.78 Å². The quantitative estimate of drug-likeness (QED) is 0.528. The molecule has 0 spiro atoms. The summed E-state index contributed by atoms with van der Waals surface area (Å²) < 4.78 is 0. The minimum atomic E-state index is 0.0772. The monoisotopic (exact) mass is 222 g/mol. The highest BCUT2D eigenvalue weighted by atomic mass is 79.9. The average molecular weight is 223 g/mol. The van der Waals surface area contributed by atoms with Crippen molar-refractivity contribution in [3.8, 4) is 10.8 Å². The van der Waals surface area contributed by atoms with Gasteiger partial charge in [-0.1, -0.05) is 18.1 Å². The average Bonchev–Trinajstić information content (AvgIpc) is 2.06. The summed E-state index contributed by atoms with van der Waals surface area (Å²) in [5.41, 5.74) is 1.62. The largest absolute Gasteiger partial charge is 0.295 e. The molecule has 1 nitrogen and oxygen atoms in total. The highest BCUT2D eigenvalue weighted by molar-refractivity contribution is 9.12. The van der Waals surface area contributed by atoms with Gasteiger partial charge in [-0.3, -0.25) is 4.79 Å². The van der Waals surface area contributed by atoms with Gasteiger partial charge in [0.1, 0.15) is 0 Å². The second-order valence-corrected chi connectivity index (χ2v) is 2.75. The Labute approximate surface area is 79.9 Å². The standard InChI is InChI=1S/C10H7BrO/c1-8(12)10-4-2-9(3-5-10)6-7-11/h2-5H,1H3. The van der Waals surface area contributed by atoms with Crippen LogP contribution in [0.5, 0.6) is 0 Å². The Morgan fingerprint density at radius 1 is 1.33 bits per heavy atom. The van der Waals surface area contributed by atoms with Crippen molar-refractivity contribution in [2.75, 3.05) is 0 Å². The number of hydrogen-bond acceptors (Lipinski definition) is 1. The predicted octanol–water partition coefficient (Wildman–Crippen LogP) is 2.59. The molecule has 0 aliphatic heterocycles. The minimum absolute atomic E-state index is 0.0772. The van der Waals surface area contributed by atoms with Gasteiger partial charge in [0.05, 0.1) is 0 Å². The fraction of sp³-hybridized carbons (Fsp3) is 0.100. The van der Waals surface area contributed by atoms with Crippen molar-refractivity contribution in [2.45, 2.75) is 6.92 Å². The first-order chi connectivity index (χ1) is 5.74. The lowest BCUT2D eigenvalue weighted by molar-refractivity contribution is 0.101. The summed E-state index contributed by atoms with van der Waals surface area (Å²) in [6.07, 6.45) is 0. The van der Waals surface area contributed by atoms with Gasteiger partial charge in [-0.2, -0.15) is 0 Å². The number of carbonyl (C=O) groups excluding carboxylic acids is 1. The number of hydrogen-bond donors (Lipinski definition) is 0. The summed E-state index contributed by atoms with van der Waals surface area (Å²) in [5, 5.41) is 0. The SMILES string of the molecule is CC(=O)c1ccc(C#CBr)cc1. The number of ketones is 1. The van der Waals surface area contributed by atoms with Crippen molar-refractivity contribution in [3.05, 3.63) is 35.4 Å². The molecule has 0 heterocycles. The fourth-order valence-electron chi connectivity index (χ4n) is 0.843. The van der Waals surface area contributed by atoms with E-state index in [1.165, 1.54) is 0 Å². The van der Waals surface area contributed by atoms with Crippen LogP contribution in [0.3, 0.4) is 0 Å². The zero-order valence-corrected chi connectivity index (χ0v) is 8.18. The molecule has 0 fully saturated rings. The first kappa shape index (κ1) is 9.02. The number of benzene rings is 1. The summed E-state index contributed by atoms with van der Waals surface area (Å²) >= 11 is 3.01. The predicted molar refractivity (Wildman–Crippen MR) is 52.3 cm³/mol. The van der Waals surface area contributed by atoms with E-state index < -0.39 is 0 Å². The van der Waals surface area contributed by atoms with Gasteiger partial charge >= 0.3 is 0 Å². The maximum absolute atomic E-state index is 10.9. The molecule has 0 unspecified atom stereocenters. The third-order valence-corrected chi connectivity index (χ3v) is 1.68. The molecule has 0 amide bonds. The van der Waals surface area contributed by atoms with Gasteiger partial charge in [-0.25, -0.2) is 0 Å². The first-order valence-electron chi connectivity index (χ1n) is 3.46. The van der Waals surface area contributed by atoms with E-state index in [1.807, 2.05) is 12.1 Å². The van der Waals surface area contributed by atoms with Crippen LogP contribution < -0.4 is 0 Å². The van der Waals surface area contributed by atoms with Crippen LogP contribution in [0.25, 0.3) is 0 Å². The molecule has 1 aromatic carbocycles. The summed E-state index contributed by atoms with van der Waals surface area (Å²) in [6, 6.07) is 7.19. The molecule has 0 aliphatic carbocycles. The van der Waals surface area contributed by atoms with Crippen LogP contribution in [0.1, 0.15) is 22.8 Å². The lowest BCUT2D eigenvalue weighted by Gasteiger charge is -1.93. The molecule has 2 heteroatoms. The number of carbonyl (C=O) groups is 1. The van der Waals surface area contributed by atoms with Crippen LogP contribution in [0, 0.1) is 10.8 Å². The lowest BCUT2D eigenvalue weighted by atomic mass is 10.1. The van der Waals surface area contributed by atoms with E-state index in [9.17, 15) is 4.79 Å².